The van der Waals surface area contributed by atoms with Crippen LogP contribution in [0.1, 0.15) is 50.2 Å². The number of methoxy groups -OCH3 is 2. The predicted octanol–water partition coefficient (Wildman–Crippen LogP) is 6.38. The van der Waals surface area contributed by atoms with Crippen molar-refractivity contribution >= 4 is 50.7 Å². The summed E-state index contributed by atoms with van der Waals surface area (Å²) in [7, 11) is -1.44. The molecule has 4 rings (SSSR count). The van der Waals surface area contributed by atoms with Crippen molar-refractivity contribution in [3.8, 4) is 11.5 Å². The van der Waals surface area contributed by atoms with Gasteiger partial charge in [0.1, 0.15) is 12.6 Å². The van der Waals surface area contributed by atoms with Gasteiger partial charge in [0.05, 0.1) is 24.8 Å². The van der Waals surface area contributed by atoms with Gasteiger partial charge in [0.2, 0.25) is 11.8 Å². The number of hydrogen-bond donors (Lipinski definition) is 1. The Morgan fingerprint density at radius 3 is 2.22 bits per heavy atom. The summed E-state index contributed by atoms with van der Waals surface area (Å²) in [6, 6.07) is 15.2. The van der Waals surface area contributed by atoms with E-state index < -0.39 is 28.5 Å². The minimum atomic E-state index is -4.30. The van der Waals surface area contributed by atoms with Gasteiger partial charge in [0, 0.05) is 28.7 Å². The minimum absolute atomic E-state index is 0.0242. The van der Waals surface area contributed by atoms with E-state index in [4.69, 9.17) is 32.7 Å². The molecule has 3 aromatic carbocycles. The summed E-state index contributed by atoms with van der Waals surface area (Å²) >= 11 is 12.6. The van der Waals surface area contributed by atoms with E-state index in [9.17, 15) is 18.0 Å². The number of aryl methyl sites for hydroxylation is 1. The standard InChI is InChI=1S/C33H39Cl2N3O6S/c1-5-29(33(40)36-25-8-6-7-9-25)37(20-23-12-13-24(34)18-28(23)35)32(39)21-38(26-14-10-22(2)11-15-26)45(41,42)27-16-17-30(43-3)31(19-27)44-4/h10-19,25,29H,5-9,20-21H2,1-4H3,(H,36,40). The van der Waals surface area contributed by atoms with E-state index in [-0.39, 0.29) is 34.8 Å². The Hall–Kier alpha value is -3.47. The summed E-state index contributed by atoms with van der Waals surface area (Å²) in [6.07, 6.45) is 4.13. The molecule has 0 heterocycles. The number of benzene rings is 3. The number of nitrogens with zero attached hydrogens (tertiary/aromatic N) is 2. The van der Waals surface area contributed by atoms with E-state index in [0.29, 0.717) is 27.8 Å². The maximum Gasteiger partial charge on any atom is 0.264 e. The molecule has 0 aromatic heterocycles. The van der Waals surface area contributed by atoms with E-state index >= 15 is 0 Å². The quantitative estimate of drug-likeness (QED) is 0.225. The molecule has 2 amide bonds. The molecule has 1 atom stereocenters. The Bertz CT molecular complexity index is 1610. The predicted molar refractivity (Wildman–Crippen MR) is 177 cm³/mol. The number of anilines is 1. The fourth-order valence-electron chi connectivity index (χ4n) is 5.46. The molecule has 1 N–H and O–H groups in total. The van der Waals surface area contributed by atoms with Crippen LogP contribution >= 0.6 is 23.2 Å². The van der Waals surface area contributed by atoms with Crippen LogP contribution in [0.15, 0.2) is 65.6 Å². The van der Waals surface area contributed by atoms with Gasteiger partial charge in [0.25, 0.3) is 10.0 Å². The first-order chi connectivity index (χ1) is 21.5. The second-order valence-corrected chi connectivity index (χ2v) is 13.7. The smallest absolute Gasteiger partial charge is 0.264 e. The highest BCUT2D eigenvalue weighted by Crippen LogP contribution is 2.33. The summed E-state index contributed by atoms with van der Waals surface area (Å²) < 4.78 is 40.2. The van der Waals surface area contributed by atoms with Crippen molar-refractivity contribution in [2.45, 2.75) is 69.5 Å². The number of carbonyl (C=O) groups is 2. The molecule has 0 bridgehead atoms. The lowest BCUT2D eigenvalue weighted by atomic mass is 10.1. The third-order valence-electron chi connectivity index (χ3n) is 7.99. The van der Waals surface area contributed by atoms with E-state index in [1.165, 1.54) is 37.3 Å². The lowest BCUT2D eigenvalue weighted by Crippen LogP contribution is -2.53. The third kappa shape index (κ3) is 8.23. The molecule has 9 nitrogen and oxygen atoms in total. The SMILES string of the molecule is CCC(C(=O)NC1CCCC1)N(Cc1ccc(Cl)cc1Cl)C(=O)CN(c1ccc(C)cc1)S(=O)(=O)c1ccc(OC)c(OC)c1. The molecule has 3 aromatic rings. The molecule has 1 saturated carbocycles. The highest BCUT2D eigenvalue weighted by atomic mass is 35.5. The zero-order valence-electron chi connectivity index (χ0n) is 25.9. The molecule has 0 spiro atoms. The zero-order chi connectivity index (χ0) is 32.7. The van der Waals surface area contributed by atoms with Gasteiger partial charge in [0.15, 0.2) is 11.5 Å². The van der Waals surface area contributed by atoms with Crippen molar-refractivity contribution in [1.29, 1.82) is 0 Å². The molecule has 12 heteroatoms. The molecule has 1 fully saturated rings. The average molecular weight is 677 g/mol. The number of nitrogens with one attached hydrogen (secondary N) is 1. The van der Waals surface area contributed by atoms with Gasteiger partial charge in [-0.1, -0.05) is 66.7 Å². The van der Waals surface area contributed by atoms with Gasteiger partial charge >= 0.3 is 0 Å². The maximum atomic E-state index is 14.3. The van der Waals surface area contributed by atoms with Crippen LogP contribution in [0.5, 0.6) is 11.5 Å². The van der Waals surface area contributed by atoms with Crippen LogP contribution in [-0.4, -0.2) is 58.0 Å². The lowest BCUT2D eigenvalue weighted by Gasteiger charge is -2.34. The van der Waals surface area contributed by atoms with Crippen LogP contribution in [-0.2, 0) is 26.2 Å². The molecule has 0 radical (unpaired) electrons. The number of hydrogen-bond acceptors (Lipinski definition) is 6. The van der Waals surface area contributed by atoms with E-state index in [1.54, 1.807) is 42.5 Å². The fourth-order valence-corrected chi connectivity index (χ4v) is 7.36. The van der Waals surface area contributed by atoms with Gasteiger partial charge in [-0.05, 0) is 68.1 Å². The normalized spacial score (nSPS) is 14.1. The van der Waals surface area contributed by atoms with Gasteiger partial charge in [-0.25, -0.2) is 8.42 Å². The van der Waals surface area contributed by atoms with E-state index in [2.05, 4.69) is 5.32 Å². The van der Waals surface area contributed by atoms with Crippen LogP contribution in [0, 0.1) is 6.92 Å². The number of sulfonamides is 1. The number of rotatable bonds is 13. The first-order valence-electron chi connectivity index (χ1n) is 14.8. The van der Waals surface area contributed by atoms with E-state index in [0.717, 1.165) is 35.6 Å². The second kappa shape index (κ2) is 15.2. The van der Waals surface area contributed by atoms with Crippen molar-refractivity contribution in [3.63, 3.8) is 0 Å². The van der Waals surface area contributed by atoms with Gasteiger partial charge in [-0.15, -0.1) is 0 Å². The average Bonchev–Trinajstić information content (AvgIpc) is 3.53. The highest BCUT2D eigenvalue weighted by molar-refractivity contribution is 7.92. The van der Waals surface area contributed by atoms with Crippen molar-refractivity contribution in [2.24, 2.45) is 0 Å². The van der Waals surface area contributed by atoms with Gasteiger partial charge in [-0.2, -0.15) is 0 Å². The lowest BCUT2D eigenvalue weighted by molar-refractivity contribution is -0.140. The van der Waals surface area contributed by atoms with Crippen LogP contribution in [0.4, 0.5) is 5.69 Å². The van der Waals surface area contributed by atoms with Crippen molar-refractivity contribution in [1.82, 2.24) is 10.2 Å². The van der Waals surface area contributed by atoms with Crippen molar-refractivity contribution < 1.29 is 27.5 Å². The molecule has 45 heavy (non-hydrogen) atoms. The maximum absolute atomic E-state index is 14.3. The van der Waals surface area contributed by atoms with Gasteiger partial charge < -0.3 is 19.7 Å². The monoisotopic (exact) mass is 675 g/mol. The summed E-state index contributed by atoms with van der Waals surface area (Å²) in [5.74, 6) is -0.270. The topological polar surface area (TPSA) is 105 Å². The van der Waals surface area contributed by atoms with Crippen LogP contribution < -0.4 is 19.1 Å². The largest absolute Gasteiger partial charge is 0.493 e. The number of amides is 2. The summed E-state index contributed by atoms with van der Waals surface area (Å²) in [4.78, 5) is 29.3. The third-order valence-corrected chi connectivity index (χ3v) is 10.3. The first kappa shape index (κ1) is 34.4. The Balaban J connectivity index is 1.76. The first-order valence-corrected chi connectivity index (χ1v) is 17.0. The van der Waals surface area contributed by atoms with Crippen LogP contribution in [0.25, 0.3) is 0 Å². The fraction of sp³-hybridized carbons (Fsp3) is 0.394. The highest BCUT2D eigenvalue weighted by Gasteiger charge is 2.35. The van der Waals surface area contributed by atoms with Crippen molar-refractivity contribution in [3.05, 3.63) is 81.8 Å². The zero-order valence-corrected chi connectivity index (χ0v) is 28.2. The van der Waals surface area contributed by atoms with Crippen LogP contribution in [0.3, 0.4) is 0 Å². The Kier molecular flexibility index (Phi) is 11.6. The summed E-state index contributed by atoms with van der Waals surface area (Å²) in [5, 5.41) is 3.86. The minimum Gasteiger partial charge on any atom is -0.493 e. The number of ether oxygens (including phenoxy) is 2. The molecule has 1 unspecified atom stereocenters. The molecular weight excluding hydrogens is 637 g/mol. The second-order valence-electron chi connectivity index (χ2n) is 11.0. The molecule has 0 aliphatic heterocycles. The Morgan fingerprint density at radius 2 is 1.62 bits per heavy atom. The molecule has 0 saturated heterocycles. The molecule has 1 aliphatic carbocycles. The van der Waals surface area contributed by atoms with E-state index in [1.807, 2.05) is 13.8 Å². The molecule has 1 aliphatic rings. The number of halogens is 2. The van der Waals surface area contributed by atoms with Crippen molar-refractivity contribution in [2.75, 3.05) is 25.1 Å². The van der Waals surface area contributed by atoms with Gasteiger partial charge in [-0.3, -0.25) is 13.9 Å². The Labute approximate surface area is 275 Å². The summed E-state index contributed by atoms with van der Waals surface area (Å²) in [6.45, 7) is 3.11. The summed E-state index contributed by atoms with van der Waals surface area (Å²) in [5.41, 5.74) is 1.78. The Morgan fingerprint density at radius 1 is 0.956 bits per heavy atom. The molecular formula is C33H39Cl2N3O6S. The molecule has 242 valence electrons. The number of carbonyl (C=O) groups excluding carboxylic acids is 2. The van der Waals surface area contributed by atoms with Crippen LogP contribution in [0.2, 0.25) is 10.0 Å².